The van der Waals surface area contributed by atoms with Gasteiger partial charge in [0.1, 0.15) is 0 Å². The standard InChI is InChI=1S/C17H14N2O4/c1-22-16(20)12-7-5-11(6-8-12)14-10-18-15(17(21)23-2)13-4-3-9-19(13)14/h3-10H,1-2H3. The molecule has 3 rings (SSSR count). The third-order valence-electron chi connectivity index (χ3n) is 3.55. The number of esters is 2. The van der Waals surface area contributed by atoms with Gasteiger partial charge in [0.25, 0.3) is 0 Å². The van der Waals surface area contributed by atoms with Crippen LogP contribution in [0, 0.1) is 0 Å². The van der Waals surface area contributed by atoms with Gasteiger partial charge < -0.3 is 13.9 Å². The molecule has 0 bridgehead atoms. The second-order valence-corrected chi connectivity index (χ2v) is 4.82. The van der Waals surface area contributed by atoms with E-state index in [-0.39, 0.29) is 11.7 Å². The number of aromatic nitrogens is 2. The minimum atomic E-state index is -0.485. The first kappa shape index (κ1) is 14.8. The van der Waals surface area contributed by atoms with Crippen LogP contribution in [0.15, 0.2) is 48.8 Å². The Morgan fingerprint density at radius 3 is 2.35 bits per heavy atom. The molecule has 0 radical (unpaired) electrons. The van der Waals surface area contributed by atoms with E-state index in [2.05, 4.69) is 9.72 Å². The first-order valence-corrected chi connectivity index (χ1v) is 6.89. The summed E-state index contributed by atoms with van der Waals surface area (Å²) >= 11 is 0. The van der Waals surface area contributed by atoms with Gasteiger partial charge in [-0.3, -0.25) is 0 Å². The van der Waals surface area contributed by atoms with Crippen LogP contribution in [-0.4, -0.2) is 35.5 Å². The molecular weight excluding hydrogens is 296 g/mol. The maximum Gasteiger partial charge on any atom is 0.358 e. The van der Waals surface area contributed by atoms with Gasteiger partial charge >= 0.3 is 11.9 Å². The van der Waals surface area contributed by atoms with Crippen LogP contribution in [0.1, 0.15) is 20.8 Å². The Morgan fingerprint density at radius 2 is 1.70 bits per heavy atom. The Labute approximate surface area is 132 Å². The Balaban J connectivity index is 2.09. The van der Waals surface area contributed by atoms with E-state index in [4.69, 9.17) is 4.74 Å². The summed E-state index contributed by atoms with van der Waals surface area (Å²) in [4.78, 5) is 27.5. The monoisotopic (exact) mass is 310 g/mol. The van der Waals surface area contributed by atoms with Crippen molar-refractivity contribution < 1.29 is 19.1 Å². The Morgan fingerprint density at radius 1 is 1.00 bits per heavy atom. The summed E-state index contributed by atoms with van der Waals surface area (Å²) in [5.41, 5.74) is 3.05. The topological polar surface area (TPSA) is 69.9 Å². The largest absolute Gasteiger partial charge is 0.465 e. The molecule has 0 aliphatic heterocycles. The zero-order valence-electron chi connectivity index (χ0n) is 12.6. The van der Waals surface area contributed by atoms with Crippen LogP contribution in [-0.2, 0) is 9.47 Å². The Kier molecular flexibility index (Phi) is 3.80. The fraction of sp³-hybridized carbons (Fsp3) is 0.118. The molecule has 0 amide bonds. The number of fused-ring (bicyclic) bond motifs is 1. The molecule has 0 fully saturated rings. The van der Waals surface area contributed by atoms with Crippen molar-refractivity contribution >= 4 is 17.5 Å². The summed E-state index contributed by atoms with van der Waals surface area (Å²) in [5.74, 6) is -0.872. The molecule has 0 aliphatic rings. The summed E-state index contributed by atoms with van der Waals surface area (Å²) in [7, 11) is 2.66. The number of carbonyl (C=O) groups is 2. The molecule has 0 saturated carbocycles. The highest BCUT2D eigenvalue weighted by molar-refractivity contribution is 5.95. The Hall–Kier alpha value is -3.15. The third-order valence-corrected chi connectivity index (χ3v) is 3.55. The summed E-state index contributed by atoms with van der Waals surface area (Å²) in [6, 6.07) is 10.6. The smallest absolute Gasteiger partial charge is 0.358 e. The van der Waals surface area contributed by atoms with Crippen LogP contribution in [0.2, 0.25) is 0 Å². The molecule has 1 aromatic carbocycles. The number of rotatable bonds is 3. The predicted octanol–water partition coefficient (Wildman–Crippen LogP) is 2.57. The number of carbonyl (C=O) groups excluding carboxylic acids is 2. The molecule has 0 aliphatic carbocycles. The van der Waals surface area contributed by atoms with Crippen molar-refractivity contribution in [1.29, 1.82) is 0 Å². The molecule has 116 valence electrons. The normalized spacial score (nSPS) is 10.5. The minimum Gasteiger partial charge on any atom is -0.465 e. The van der Waals surface area contributed by atoms with Crippen molar-refractivity contribution in [3.63, 3.8) is 0 Å². The van der Waals surface area contributed by atoms with Crippen LogP contribution < -0.4 is 0 Å². The average molecular weight is 310 g/mol. The van der Waals surface area contributed by atoms with E-state index in [1.165, 1.54) is 14.2 Å². The highest BCUT2D eigenvalue weighted by Crippen LogP contribution is 2.23. The summed E-state index contributed by atoms with van der Waals surface area (Å²) < 4.78 is 11.3. The van der Waals surface area contributed by atoms with Gasteiger partial charge in [-0.1, -0.05) is 12.1 Å². The maximum atomic E-state index is 11.8. The van der Waals surface area contributed by atoms with Crippen molar-refractivity contribution in [2.75, 3.05) is 14.2 Å². The first-order valence-electron chi connectivity index (χ1n) is 6.89. The lowest BCUT2D eigenvalue weighted by Crippen LogP contribution is -2.07. The maximum absolute atomic E-state index is 11.8. The van der Waals surface area contributed by atoms with Gasteiger partial charge in [0.05, 0.1) is 37.2 Å². The minimum absolute atomic E-state index is 0.257. The average Bonchev–Trinajstić information content (AvgIpc) is 3.09. The second-order valence-electron chi connectivity index (χ2n) is 4.82. The molecule has 0 unspecified atom stereocenters. The van der Waals surface area contributed by atoms with E-state index in [9.17, 15) is 9.59 Å². The molecular formula is C17H14N2O4. The molecule has 3 aromatic rings. The van der Waals surface area contributed by atoms with Crippen molar-refractivity contribution in [3.05, 3.63) is 60.0 Å². The van der Waals surface area contributed by atoms with Crippen molar-refractivity contribution in [2.45, 2.75) is 0 Å². The van der Waals surface area contributed by atoms with Gasteiger partial charge in [-0.15, -0.1) is 0 Å². The van der Waals surface area contributed by atoms with Gasteiger partial charge in [-0.2, -0.15) is 0 Å². The van der Waals surface area contributed by atoms with Crippen LogP contribution in [0.3, 0.4) is 0 Å². The first-order chi connectivity index (χ1) is 11.2. The molecule has 23 heavy (non-hydrogen) atoms. The lowest BCUT2D eigenvalue weighted by Gasteiger charge is -2.09. The number of hydrogen-bond donors (Lipinski definition) is 0. The number of benzene rings is 1. The molecule has 6 heteroatoms. The van der Waals surface area contributed by atoms with Crippen LogP contribution in [0.25, 0.3) is 16.8 Å². The lowest BCUT2D eigenvalue weighted by atomic mass is 10.1. The summed E-state index contributed by atoms with van der Waals surface area (Å²) in [6.45, 7) is 0. The zero-order valence-corrected chi connectivity index (χ0v) is 12.6. The molecule has 2 heterocycles. The molecule has 0 saturated heterocycles. The van der Waals surface area contributed by atoms with E-state index >= 15 is 0 Å². The molecule has 0 spiro atoms. The SMILES string of the molecule is COC(=O)c1ccc(-c2cnc(C(=O)OC)c3cccn23)cc1. The number of methoxy groups -OCH3 is 2. The van der Waals surface area contributed by atoms with E-state index in [0.29, 0.717) is 11.1 Å². The second kappa shape index (κ2) is 5.92. The van der Waals surface area contributed by atoms with E-state index < -0.39 is 5.97 Å². The van der Waals surface area contributed by atoms with Gasteiger partial charge in [-0.25, -0.2) is 14.6 Å². The van der Waals surface area contributed by atoms with Crippen LogP contribution in [0.4, 0.5) is 0 Å². The fourth-order valence-electron chi connectivity index (χ4n) is 2.40. The summed E-state index contributed by atoms with van der Waals surface area (Å²) in [5, 5.41) is 0. The van der Waals surface area contributed by atoms with Crippen LogP contribution >= 0.6 is 0 Å². The predicted molar refractivity (Wildman–Crippen MR) is 83.3 cm³/mol. The lowest BCUT2D eigenvalue weighted by molar-refractivity contribution is 0.0589. The number of ether oxygens (including phenoxy) is 2. The van der Waals surface area contributed by atoms with Gasteiger partial charge in [-0.05, 0) is 24.3 Å². The van der Waals surface area contributed by atoms with Gasteiger partial charge in [0.15, 0.2) is 5.69 Å². The van der Waals surface area contributed by atoms with Crippen molar-refractivity contribution in [2.24, 2.45) is 0 Å². The van der Waals surface area contributed by atoms with E-state index in [1.807, 2.05) is 16.7 Å². The van der Waals surface area contributed by atoms with E-state index in [0.717, 1.165) is 11.3 Å². The molecule has 6 nitrogen and oxygen atoms in total. The third kappa shape index (κ3) is 2.55. The Bertz CT molecular complexity index is 881. The van der Waals surface area contributed by atoms with Gasteiger partial charge in [0, 0.05) is 11.8 Å². The molecule has 0 atom stereocenters. The van der Waals surface area contributed by atoms with Gasteiger partial charge in [0.2, 0.25) is 0 Å². The van der Waals surface area contributed by atoms with E-state index in [1.54, 1.807) is 36.5 Å². The van der Waals surface area contributed by atoms with Crippen LogP contribution in [0.5, 0.6) is 0 Å². The van der Waals surface area contributed by atoms with Crippen molar-refractivity contribution in [1.82, 2.24) is 9.38 Å². The number of nitrogens with zero attached hydrogens (tertiary/aromatic N) is 2. The fourth-order valence-corrected chi connectivity index (χ4v) is 2.40. The highest BCUT2D eigenvalue weighted by atomic mass is 16.5. The highest BCUT2D eigenvalue weighted by Gasteiger charge is 2.15. The molecule has 0 N–H and O–H groups in total. The zero-order chi connectivity index (χ0) is 16.4. The quantitative estimate of drug-likeness (QED) is 0.695. The number of hydrogen-bond acceptors (Lipinski definition) is 5. The van der Waals surface area contributed by atoms with Crippen molar-refractivity contribution in [3.8, 4) is 11.3 Å². The molecule has 2 aromatic heterocycles. The summed E-state index contributed by atoms with van der Waals surface area (Å²) in [6.07, 6.45) is 3.44.